The number of phenolic OH excluding ortho intramolecular Hbond substituents is 1. The number of aromatic amines is 1. The van der Waals surface area contributed by atoms with Crippen LogP contribution in [0.4, 0.5) is 0 Å². The molecule has 0 atom stereocenters. The van der Waals surface area contributed by atoms with E-state index in [0.717, 1.165) is 11.3 Å². The number of methoxy groups -OCH3 is 1. The number of aromatic hydroxyl groups is 1. The average molecular weight is 413 g/mol. The summed E-state index contributed by atoms with van der Waals surface area (Å²) in [5.74, 6) is 1.71. The van der Waals surface area contributed by atoms with Gasteiger partial charge in [0.15, 0.2) is 17.3 Å². The van der Waals surface area contributed by atoms with Crippen LogP contribution in [0.25, 0.3) is 0 Å². The fourth-order valence-electron chi connectivity index (χ4n) is 2.63. The summed E-state index contributed by atoms with van der Waals surface area (Å²) in [6.07, 6.45) is 1.61. The minimum atomic E-state index is 0.0659. The summed E-state index contributed by atoms with van der Waals surface area (Å²) in [4.78, 5) is 0. The van der Waals surface area contributed by atoms with E-state index in [1.54, 1.807) is 24.4 Å². The molecule has 0 saturated carbocycles. The first-order valence-corrected chi connectivity index (χ1v) is 9.50. The highest BCUT2D eigenvalue weighted by molar-refractivity contribution is 7.71. The Morgan fingerprint density at radius 3 is 2.59 bits per heavy atom. The third kappa shape index (κ3) is 5.03. The molecule has 8 heteroatoms. The molecule has 0 fully saturated rings. The van der Waals surface area contributed by atoms with Gasteiger partial charge in [0.25, 0.3) is 0 Å². The Kier molecular flexibility index (Phi) is 6.03. The molecule has 152 valence electrons. The number of hydrogen-bond acceptors (Lipinski definition) is 6. The second-order valence-electron chi connectivity index (χ2n) is 7.50. The first kappa shape index (κ1) is 20.6. The Labute approximate surface area is 174 Å². The van der Waals surface area contributed by atoms with E-state index >= 15 is 0 Å². The van der Waals surface area contributed by atoms with Crippen molar-refractivity contribution in [3.05, 3.63) is 64.2 Å². The molecule has 2 aromatic carbocycles. The summed E-state index contributed by atoms with van der Waals surface area (Å²) in [5.41, 5.74) is 2.07. The molecule has 0 spiro atoms. The number of benzene rings is 2. The van der Waals surface area contributed by atoms with Gasteiger partial charge in [-0.2, -0.15) is 14.9 Å². The molecule has 2 N–H and O–H groups in total. The van der Waals surface area contributed by atoms with Gasteiger partial charge >= 0.3 is 0 Å². The lowest BCUT2D eigenvalue weighted by molar-refractivity contribution is 0.290. The normalized spacial score (nSPS) is 11.7. The highest BCUT2D eigenvalue weighted by Gasteiger charge is 2.13. The second-order valence-corrected chi connectivity index (χ2v) is 7.88. The standard InChI is InChI=1S/C21H24N4O3S/c1-21(2,3)15-6-8-16(9-7-15)28-13-19-23-24-20(29)25(19)22-12-14-5-10-17(26)18(11-14)27-4/h5-12,26H,13H2,1-4H3,(H,24,29)/b22-12+. The van der Waals surface area contributed by atoms with E-state index in [-0.39, 0.29) is 17.8 Å². The quantitative estimate of drug-likeness (QED) is 0.463. The van der Waals surface area contributed by atoms with Crippen LogP contribution in [0.2, 0.25) is 0 Å². The van der Waals surface area contributed by atoms with E-state index in [2.05, 4.69) is 48.2 Å². The molecule has 29 heavy (non-hydrogen) atoms. The Hall–Kier alpha value is -3.13. The zero-order valence-electron chi connectivity index (χ0n) is 16.8. The first-order valence-electron chi connectivity index (χ1n) is 9.09. The molecule has 0 aliphatic heterocycles. The minimum absolute atomic E-state index is 0.0659. The monoisotopic (exact) mass is 412 g/mol. The van der Waals surface area contributed by atoms with Gasteiger partial charge in [-0.25, -0.2) is 5.10 Å². The van der Waals surface area contributed by atoms with Gasteiger partial charge in [0, 0.05) is 0 Å². The van der Waals surface area contributed by atoms with Crippen molar-refractivity contribution in [2.75, 3.05) is 7.11 Å². The number of phenols is 1. The molecule has 0 aliphatic carbocycles. The zero-order valence-corrected chi connectivity index (χ0v) is 17.7. The molecule has 3 aromatic rings. The summed E-state index contributed by atoms with van der Waals surface area (Å²) in [6.45, 7) is 6.71. The lowest BCUT2D eigenvalue weighted by Crippen LogP contribution is -2.10. The van der Waals surface area contributed by atoms with Gasteiger partial charge in [-0.15, -0.1) is 0 Å². The number of rotatable bonds is 6. The minimum Gasteiger partial charge on any atom is -0.504 e. The fourth-order valence-corrected chi connectivity index (χ4v) is 2.83. The van der Waals surface area contributed by atoms with Crippen molar-refractivity contribution in [2.45, 2.75) is 32.8 Å². The van der Waals surface area contributed by atoms with Gasteiger partial charge in [-0.05, 0) is 59.1 Å². The van der Waals surface area contributed by atoms with Gasteiger partial charge in [-0.3, -0.25) is 0 Å². The SMILES string of the molecule is COc1cc(/C=N/n2c(COc3ccc(C(C)(C)C)cc3)n[nH]c2=S)ccc1O. The average Bonchev–Trinajstić information content (AvgIpc) is 3.05. The molecule has 1 heterocycles. The van der Waals surface area contributed by atoms with Crippen LogP contribution >= 0.6 is 12.2 Å². The number of hydrogen-bond donors (Lipinski definition) is 2. The van der Waals surface area contributed by atoms with E-state index < -0.39 is 0 Å². The largest absolute Gasteiger partial charge is 0.504 e. The van der Waals surface area contributed by atoms with Crippen molar-refractivity contribution in [2.24, 2.45) is 5.10 Å². The predicted octanol–water partition coefficient (Wildman–Crippen LogP) is 4.41. The van der Waals surface area contributed by atoms with Crippen molar-refractivity contribution in [1.29, 1.82) is 0 Å². The summed E-state index contributed by atoms with van der Waals surface area (Å²) >= 11 is 5.26. The Morgan fingerprint density at radius 1 is 1.21 bits per heavy atom. The molecule has 0 radical (unpaired) electrons. The lowest BCUT2D eigenvalue weighted by atomic mass is 9.87. The van der Waals surface area contributed by atoms with Crippen LogP contribution in [0, 0.1) is 4.77 Å². The maximum atomic E-state index is 9.69. The van der Waals surface area contributed by atoms with Crippen LogP contribution in [0.3, 0.4) is 0 Å². The van der Waals surface area contributed by atoms with Crippen LogP contribution in [0.5, 0.6) is 17.2 Å². The highest BCUT2D eigenvalue weighted by atomic mass is 32.1. The highest BCUT2D eigenvalue weighted by Crippen LogP contribution is 2.26. The Morgan fingerprint density at radius 2 is 1.93 bits per heavy atom. The number of H-pyrrole nitrogens is 1. The molecule has 0 bridgehead atoms. The van der Waals surface area contributed by atoms with Gasteiger partial charge in [0.2, 0.25) is 4.77 Å². The molecule has 1 aromatic heterocycles. The molecule has 0 saturated heterocycles. The van der Waals surface area contributed by atoms with Crippen LogP contribution in [0.1, 0.15) is 37.7 Å². The molecule has 0 unspecified atom stereocenters. The van der Waals surface area contributed by atoms with Crippen LogP contribution < -0.4 is 9.47 Å². The zero-order chi connectivity index (χ0) is 21.0. The third-order valence-electron chi connectivity index (χ3n) is 4.33. The molecule has 0 amide bonds. The van der Waals surface area contributed by atoms with E-state index in [4.69, 9.17) is 21.7 Å². The Bertz CT molecular complexity index is 1060. The maximum absolute atomic E-state index is 9.69. The van der Waals surface area contributed by atoms with Crippen molar-refractivity contribution in [1.82, 2.24) is 14.9 Å². The predicted molar refractivity (Wildman–Crippen MR) is 115 cm³/mol. The third-order valence-corrected chi connectivity index (χ3v) is 4.60. The van der Waals surface area contributed by atoms with Gasteiger partial charge in [0.1, 0.15) is 12.4 Å². The van der Waals surface area contributed by atoms with Gasteiger partial charge in [0.05, 0.1) is 13.3 Å². The summed E-state index contributed by atoms with van der Waals surface area (Å²) in [6, 6.07) is 12.9. The van der Waals surface area contributed by atoms with E-state index in [9.17, 15) is 5.11 Å². The Balaban J connectivity index is 1.74. The van der Waals surface area contributed by atoms with Crippen LogP contribution in [-0.4, -0.2) is 33.3 Å². The molecule has 7 nitrogen and oxygen atoms in total. The van der Waals surface area contributed by atoms with Crippen LogP contribution in [0.15, 0.2) is 47.6 Å². The van der Waals surface area contributed by atoms with Crippen molar-refractivity contribution in [3.63, 3.8) is 0 Å². The van der Waals surface area contributed by atoms with Crippen molar-refractivity contribution >= 4 is 18.4 Å². The van der Waals surface area contributed by atoms with E-state index in [0.29, 0.717) is 16.3 Å². The lowest BCUT2D eigenvalue weighted by Gasteiger charge is -2.19. The topological polar surface area (TPSA) is 84.7 Å². The summed E-state index contributed by atoms with van der Waals surface area (Å²) in [7, 11) is 1.49. The van der Waals surface area contributed by atoms with Crippen LogP contribution in [-0.2, 0) is 12.0 Å². The molecule has 0 aliphatic rings. The summed E-state index contributed by atoms with van der Waals surface area (Å²) in [5, 5.41) is 21.0. The fraction of sp³-hybridized carbons (Fsp3) is 0.286. The summed E-state index contributed by atoms with van der Waals surface area (Å²) < 4.78 is 12.8. The van der Waals surface area contributed by atoms with Crippen molar-refractivity contribution < 1.29 is 14.6 Å². The molecular formula is C21H24N4O3S. The number of ether oxygens (including phenoxy) is 2. The number of nitrogens with one attached hydrogen (secondary N) is 1. The molecular weight excluding hydrogens is 388 g/mol. The van der Waals surface area contributed by atoms with E-state index in [1.165, 1.54) is 17.3 Å². The number of nitrogens with zero attached hydrogens (tertiary/aromatic N) is 3. The first-order chi connectivity index (χ1) is 13.8. The molecule has 3 rings (SSSR count). The van der Waals surface area contributed by atoms with Gasteiger partial charge in [-0.1, -0.05) is 32.9 Å². The van der Waals surface area contributed by atoms with Crippen molar-refractivity contribution in [3.8, 4) is 17.2 Å². The van der Waals surface area contributed by atoms with Gasteiger partial charge < -0.3 is 14.6 Å². The van der Waals surface area contributed by atoms with E-state index in [1.807, 2.05) is 12.1 Å². The second kappa shape index (κ2) is 8.48. The number of aromatic nitrogens is 3. The smallest absolute Gasteiger partial charge is 0.216 e. The maximum Gasteiger partial charge on any atom is 0.216 e.